The molecule has 0 amide bonds. The largest absolute Gasteiger partial charge is 0.479 e. The van der Waals surface area contributed by atoms with Crippen molar-refractivity contribution in [3.63, 3.8) is 0 Å². The first-order valence-corrected chi connectivity index (χ1v) is 11.1. The number of nitrogens with one attached hydrogen (secondary N) is 1. The Morgan fingerprint density at radius 2 is 1.76 bits per heavy atom. The minimum atomic E-state index is -1.76. The number of carboxylic acid groups (broad SMARTS) is 1. The quantitative estimate of drug-likeness (QED) is 0.360. The van der Waals surface area contributed by atoms with Gasteiger partial charge in [0.15, 0.2) is 6.10 Å². The first kappa shape index (κ1) is 26.2. The maximum absolute atomic E-state index is 11.4. The first-order chi connectivity index (χ1) is 15.9. The molecule has 0 saturated carbocycles. The van der Waals surface area contributed by atoms with E-state index in [0.717, 1.165) is 43.6 Å². The highest BCUT2D eigenvalue weighted by Crippen LogP contribution is 2.38. The normalized spacial score (nSPS) is 26.0. The molecule has 186 valence electrons. The van der Waals surface area contributed by atoms with Crippen LogP contribution in [0.4, 0.5) is 11.4 Å². The summed E-state index contributed by atoms with van der Waals surface area (Å²) in [6, 6.07) is 13.9. The molecule has 0 aliphatic carbocycles. The molecular formula is C24H31ClN2O7. The Bertz CT molecular complexity index is 992. The molecular weight excluding hydrogens is 464 g/mol. The van der Waals surface area contributed by atoms with Crippen molar-refractivity contribution < 1.29 is 34.7 Å². The minimum Gasteiger partial charge on any atom is -0.479 e. The van der Waals surface area contributed by atoms with E-state index in [9.17, 15) is 25.2 Å². The lowest BCUT2D eigenvalue weighted by atomic mass is 9.99. The zero-order chi connectivity index (χ0) is 23.5. The van der Waals surface area contributed by atoms with Gasteiger partial charge in [0, 0.05) is 17.9 Å². The molecule has 2 aromatic rings. The number of ether oxygens (including phenoxy) is 2. The second kappa shape index (κ2) is 11.4. The molecule has 0 aromatic heterocycles. The van der Waals surface area contributed by atoms with Crippen molar-refractivity contribution in [3.05, 3.63) is 53.6 Å². The average molecular weight is 495 g/mol. The maximum Gasteiger partial charge on any atom is 0.335 e. The van der Waals surface area contributed by atoms with E-state index in [-0.39, 0.29) is 12.4 Å². The summed E-state index contributed by atoms with van der Waals surface area (Å²) in [7, 11) is 1.93. The van der Waals surface area contributed by atoms with Crippen LogP contribution in [0.25, 0.3) is 0 Å². The highest BCUT2D eigenvalue weighted by Gasteiger charge is 2.48. The van der Waals surface area contributed by atoms with Gasteiger partial charge in [0.1, 0.15) is 24.1 Å². The molecule has 5 atom stereocenters. The molecule has 5 N–H and O–H groups in total. The van der Waals surface area contributed by atoms with Crippen LogP contribution < -0.4 is 15.0 Å². The van der Waals surface area contributed by atoms with E-state index in [1.807, 2.05) is 31.3 Å². The third-order valence-electron chi connectivity index (χ3n) is 6.16. The van der Waals surface area contributed by atoms with Gasteiger partial charge in [-0.1, -0.05) is 18.2 Å². The fourth-order valence-corrected chi connectivity index (χ4v) is 4.42. The topological polar surface area (TPSA) is 132 Å². The minimum absolute atomic E-state index is 0. The van der Waals surface area contributed by atoms with Gasteiger partial charge in [-0.3, -0.25) is 0 Å². The van der Waals surface area contributed by atoms with E-state index in [2.05, 4.69) is 22.3 Å². The summed E-state index contributed by atoms with van der Waals surface area (Å²) in [5, 5.41) is 42.6. The third kappa shape index (κ3) is 5.30. The number of fused-ring (bicyclic) bond motifs is 2. The fourth-order valence-electron chi connectivity index (χ4n) is 4.42. The number of rotatable bonds is 7. The molecule has 0 bridgehead atoms. The average Bonchev–Trinajstić information content (AvgIpc) is 2.96. The number of hydrogen-bond donors (Lipinski definition) is 5. The summed E-state index contributed by atoms with van der Waals surface area (Å²) < 4.78 is 11.0. The molecule has 0 spiro atoms. The van der Waals surface area contributed by atoms with Crippen LogP contribution in [-0.4, -0.2) is 77.2 Å². The van der Waals surface area contributed by atoms with Crippen LogP contribution in [0, 0.1) is 0 Å². The van der Waals surface area contributed by atoms with Gasteiger partial charge < -0.3 is 40.1 Å². The first-order valence-electron chi connectivity index (χ1n) is 11.1. The molecule has 9 nitrogen and oxygen atoms in total. The highest BCUT2D eigenvalue weighted by molar-refractivity contribution is 5.85. The maximum atomic E-state index is 11.4. The molecule has 2 aromatic carbocycles. The number of aliphatic hydroxyl groups excluding tert-OH is 3. The van der Waals surface area contributed by atoms with Gasteiger partial charge in [-0.15, -0.1) is 12.4 Å². The standard InChI is InChI=1S/C24H30N2O7.ClH/c1-25-11-4-12-26-17-6-3-2-5-14(17)7-8-15-13-16(9-10-18(15)26)32-24-21(29)19(27)20(28)22(33-24)23(30)31;/h2-3,5-6,9-10,13,19-22,24-25,27-29H,4,7-8,11-12H2,1H3,(H,30,31);1H/t19-,20-,21+,22-,24?;/m0./s1. The number of nitrogens with zero attached hydrogens (tertiary/aromatic N) is 1. The van der Waals surface area contributed by atoms with Gasteiger partial charge in [0.05, 0.1) is 0 Å². The Morgan fingerprint density at radius 3 is 2.50 bits per heavy atom. The van der Waals surface area contributed by atoms with Crippen molar-refractivity contribution in [2.45, 2.75) is 50.0 Å². The zero-order valence-corrected chi connectivity index (χ0v) is 19.6. The molecule has 1 saturated heterocycles. The second-order valence-corrected chi connectivity index (χ2v) is 8.38. The number of halogens is 1. The number of carbonyl (C=O) groups is 1. The Labute approximate surface area is 204 Å². The monoisotopic (exact) mass is 494 g/mol. The number of anilines is 2. The Balaban J connectivity index is 0.00000324. The van der Waals surface area contributed by atoms with Crippen LogP contribution in [0.2, 0.25) is 0 Å². The summed E-state index contributed by atoms with van der Waals surface area (Å²) in [4.78, 5) is 13.7. The van der Waals surface area contributed by atoms with Crippen LogP contribution >= 0.6 is 12.4 Å². The lowest BCUT2D eigenvalue weighted by Crippen LogP contribution is -2.61. The van der Waals surface area contributed by atoms with E-state index >= 15 is 0 Å². The van der Waals surface area contributed by atoms with E-state index in [1.165, 1.54) is 11.3 Å². The number of carboxylic acids is 1. The van der Waals surface area contributed by atoms with Crippen molar-refractivity contribution in [3.8, 4) is 5.75 Å². The summed E-state index contributed by atoms with van der Waals surface area (Å²) in [6.07, 6.45) is -5.61. The number of benzene rings is 2. The van der Waals surface area contributed by atoms with Crippen molar-refractivity contribution in [1.29, 1.82) is 0 Å². The highest BCUT2D eigenvalue weighted by atomic mass is 35.5. The van der Waals surface area contributed by atoms with E-state index < -0.39 is 36.7 Å². The van der Waals surface area contributed by atoms with Gasteiger partial charge in [0.25, 0.3) is 0 Å². The van der Waals surface area contributed by atoms with Crippen LogP contribution in [0.1, 0.15) is 17.5 Å². The molecule has 1 unspecified atom stereocenters. The Kier molecular flexibility index (Phi) is 8.75. The van der Waals surface area contributed by atoms with Crippen molar-refractivity contribution >= 4 is 29.8 Å². The number of aryl methyl sites for hydroxylation is 2. The van der Waals surface area contributed by atoms with Crippen molar-refractivity contribution in [1.82, 2.24) is 5.32 Å². The molecule has 1 fully saturated rings. The number of aliphatic carboxylic acids is 1. The number of aliphatic hydroxyl groups is 3. The third-order valence-corrected chi connectivity index (χ3v) is 6.16. The molecule has 34 heavy (non-hydrogen) atoms. The molecule has 2 heterocycles. The Hall–Kier alpha value is -2.40. The lowest BCUT2D eigenvalue weighted by molar-refractivity contribution is -0.271. The van der Waals surface area contributed by atoms with E-state index in [1.54, 1.807) is 6.07 Å². The van der Waals surface area contributed by atoms with E-state index in [4.69, 9.17) is 9.47 Å². The molecule has 4 rings (SSSR count). The smallest absolute Gasteiger partial charge is 0.335 e. The summed E-state index contributed by atoms with van der Waals surface area (Å²) in [5.41, 5.74) is 4.54. The molecule has 0 radical (unpaired) electrons. The van der Waals surface area contributed by atoms with Gasteiger partial charge in [-0.25, -0.2) is 4.79 Å². The molecule has 2 aliphatic rings. The molecule has 2 aliphatic heterocycles. The summed E-state index contributed by atoms with van der Waals surface area (Å²) in [6.45, 7) is 1.73. The number of para-hydroxylation sites is 1. The Morgan fingerprint density at radius 1 is 1.06 bits per heavy atom. The lowest BCUT2D eigenvalue weighted by Gasteiger charge is -2.38. The van der Waals surface area contributed by atoms with Crippen molar-refractivity contribution in [2.24, 2.45) is 0 Å². The zero-order valence-electron chi connectivity index (χ0n) is 18.8. The van der Waals surface area contributed by atoms with Gasteiger partial charge >= 0.3 is 5.97 Å². The van der Waals surface area contributed by atoms with Crippen LogP contribution in [0.3, 0.4) is 0 Å². The SMILES string of the molecule is CNCCCN1c2ccccc2CCc2cc(OC3O[C@H](C(=O)O)[C@@H](O)[C@H](O)[C@H]3O)ccc21.Cl. The van der Waals surface area contributed by atoms with Crippen LogP contribution in [-0.2, 0) is 22.4 Å². The van der Waals surface area contributed by atoms with Crippen molar-refractivity contribution in [2.75, 3.05) is 25.0 Å². The second-order valence-electron chi connectivity index (χ2n) is 8.38. The van der Waals surface area contributed by atoms with Gasteiger partial charge in [0.2, 0.25) is 6.29 Å². The van der Waals surface area contributed by atoms with Gasteiger partial charge in [-0.05, 0) is 68.2 Å². The fraction of sp³-hybridized carbons (Fsp3) is 0.458. The predicted octanol–water partition coefficient (Wildman–Crippen LogP) is 1.23. The summed E-state index contributed by atoms with van der Waals surface area (Å²) in [5.74, 6) is -1.06. The van der Waals surface area contributed by atoms with Gasteiger partial charge in [-0.2, -0.15) is 0 Å². The predicted molar refractivity (Wildman–Crippen MR) is 128 cm³/mol. The van der Waals surface area contributed by atoms with Crippen LogP contribution in [0.5, 0.6) is 5.75 Å². The van der Waals surface area contributed by atoms with Crippen LogP contribution in [0.15, 0.2) is 42.5 Å². The number of hydrogen-bond acceptors (Lipinski definition) is 8. The molecule has 10 heteroatoms. The van der Waals surface area contributed by atoms with E-state index in [0.29, 0.717) is 5.75 Å². The summed E-state index contributed by atoms with van der Waals surface area (Å²) >= 11 is 0.